The summed E-state index contributed by atoms with van der Waals surface area (Å²) in [7, 11) is 0. The van der Waals surface area contributed by atoms with Gasteiger partial charge in [-0.15, -0.1) is 0 Å². The third-order valence-electron chi connectivity index (χ3n) is 3.63. The van der Waals surface area contributed by atoms with Crippen LogP contribution in [0.2, 0.25) is 0 Å². The molecular formula is C19H25NO. The molecule has 2 rings (SSSR count). The number of rotatable bonds is 9. The van der Waals surface area contributed by atoms with Crippen LogP contribution in [0.25, 0.3) is 0 Å². The van der Waals surface area contributed by atoms with Crippen molar-refractivity contribution >= 4 is 0 Å². The van der Waals surface area contributed by atoms with Gasteiger partial charge in [0, 0.05) is 19.7 Å². The molecule has 0 aliphatic heterocycles. The smallest absolute Gasteiger partial charge is 0.0431 e. The van der Waals surface area contributed by atoms with Gasteiger partial charge < -0.3 is 5.11 Å². The van der Waals surface area contributed by atoms with Crippen LogP contribution in [-0.2, 0) is 13.1 Å². The third-order valence-corrected chi connectivity index (χ3v) is 3.63. The predicted octanol–water partition coefficient (Wildman–Crippen LogP) is 3.85. The maximum Gasteiger partial charge on any atom is 0.0431 e. The minimum absolute atomic E-state index is 0.303. The van der Waals surface area contributed by atoms with Crippen LogP contribution in [-0.4, -0.2) is 23.2 Å². The second-order valence-corrected chi connectivity index (χ2v) is 5.47. The molecule has 0 aliphatic carbocycles. The number of hydrogen-bond acceptors (Lipinski definition) is 2. The van der Waals surface area contributed by atoms with Gasteiger partial charge in [-0.1, -0.05) is 60.7 Å². The van der Waals surface area contributed by atoms with Gasteiger partial charge in [0.15, 0.2) is 0 Å². The van der Waals surface area contributed by atoms with Gasteiger partial charge in [-0.05, 0) is 36.9 Å². The number of aliphatic hydroxyl groups excluding tert-OH is 1. The molecule has 112 valence electrons. The third kappa shape index (κ3) is 6.11. The van der Waals surface area contributed by atoms with Gasteiger partial charge >= 0.3 is 0 Å². The Balaban J connectivity index is 1.93. The molecule has 0 spiro atoms. The maximum atomic E-state index is 8.89. The molecule has 1 N–H and O–H groups in total. The fourth-order valence-corrected chi connectivity index (χ4v) is 2.52. The van der Waals surface area contributed by atoms with Crippen molar-refractivity contribution < 1.29 is 5.11 Å². The highest BCUT2D eigenvalue weighted by atomic mass is 16.2. The van der Waals surface area contributed by atoms with E-state index in [1.807, 2.05) is 0 Å². The van der Waals surface area contributed by atoms with E-state index in [0.717, 1.165) is 38.9 Å². The van der Waals surface area contributed by atoms with Crippen molar-refractivity contribution in [3.8, 4) is 0 Å². The zero-order valence-electron chi connectivity index (χ0n) is 12.6. The topological polar surface area (TPSA) is 23.5 Å². The Morgan fingerprint density at radius 3 is 1.67 bits per heavy atom. The molecule has 0 unspecified atom stereocenters. The first-order valence-corrected chi connectivity index (χ1v) is 7.79. The largest absolute Gasteiger partial charge is 0.396 e. The monoisotopic (exact) mass is 283 g/mol. The molecule has 0 fully saturated rings. The zero-order chi connectivity index (χ0) is 14.8. The Bertz CT molecular complexity index is 442. The minimum atomic E-state index is 0.303. The molecule has 2 aromatic rings. The Morgan fingerprint density at radius 1 is 0.667 bits per heavy atom. The number of nitrogens with zero attached hydrogens (tertiary/aromatic N) is 1. The molecule has 2 aromatic carbocycles. The van der Waals surface area contributed by atoms with Gasteiger partial charge in [0.2, 0.25) is 0 Å². The summed E-state index contributed by atoms with van der Waals surface area (Å²) in [6.45, 7) is 3.34. The number of aliphatic hydroxyl groups is 1. The summed E-state index contributed by atoms with van der Waals surface area (Å²) in [6, 6.07) is 21.3. The first-order valence-electron chi connectivity index (χ1n) is 7.79. The summed E-state index contributed by atoms with van der Waals surface area (Å²) in [6.07, 6.45) is 3.14. The first kappa shape index (κ1) is 15.7. The lowest BCUT2D eigenvalue weighted by Gasteiger charge is -2.22. The average molecular weight is 283 g/mol. The number of hydrogen-bond donors (Lipinski definition) is 1. The first-order chi connectivity index (χ1) is 10.4. The Labute approximate surface area is 128 Å². The second-order valence-electron chi connectivity index (χ2n) is 5.47. The zero-order valence-corrected chi connectivity index (χ0v) is 12.6. The van der Waals surface area contributed by atoms with Crippen molar-refractivity contribution in [1.29, 1.82) is 0 Å². The van der Waals surface area contributed by atoms with E-state index >= 15 is 0 Å². The highest BCUT2D eigenvalue weighted by Gasteiger charge is 2.06. The number of benzene rings is 2. The normalized spacial score (nSPS) is 11.0. The molecule has 0 radical (unpaired) electrons. The summed E-state index contributed by atoms with van der Waals surface area (Å²) >= 11 is 0. The summed E-state index contributed by atoms with van der Waals surface area (Å²) in [4.78, 5) is 2.49. The summed E-state index contributed by atoms with van der Waals surface area (Å²) in [5.41, 5.74) is 2.71. The van der Waals surface area contributed by atoms with E-state index in [9.17, 15) is 0 Å². The van der Waals surface area contributed by atoms with Crippen LogP contribution >= 0.6 is 0 Å². The Kier molecular flexibility index (Phi) is 6.99. The quantitative estimate of drug-likeness (QED) is 0.707. The Morgan fingerprint density at radius 2 is 1.19 bits per heavy atom. The fraction of sp³-hybridized carbons (Fsp3) is 0.368. The molecule has 0 heterocycles. The van der Waals surface area contributed by atoms with E-state index in [0.29, 0.717) is 6.61 Å². The van der Waals surface area contributed by atoms with Crippen molar-refractivity contribution in [1.82, 2.24) is 4.90 Å². The molecule has 0 atom stereocenters. The van der Waals surface area contributed by atoms with Gasteiger partial charge in [-0.25, -0.2) is 0 Å². The van der Waals surface area contributed by atoms with E-state index in [4.69, 9.17) is 5.11 Å². The van der Waals surface area contributed by atoms with Gasteiger partial charge in [0.1, 0.15) is 0 Å². The van der Waals surface area contributed by atoms with Crippen molar-refractivity contribution in [3.63, 3.8) is 0 Å². The second kappa shape index (κ2) is 9.32. The van der Waals surface area contributed by atoms with Crippen LogP contribution in [0, 0.1) is 0 Å². The van der Waals surface area contributed by atoms with Crippen molar-refractivity contribution in [3.05, 3.63) is 71.8 Å². The van der Waals surface area contributed by atoms with Gasteiger partial charge in [0.05, 0.1) is 0 Å². The van der Waals surface area contributed by atoms with Crippen molar-refractivity contribution in [2.45, 2.75) is 32.4 Å². The average Bonchev–Trinajstić information content (AvgIpc) is 2.53. The number of unbranched alkanes of at least 4 members (excludes halogenated alkanes) is 2. The van der Waals surface area contributed by atoms with Gasteiger partial charge in [-0.3, -0.25) is 4.90 Å². The molecule has 0 bridgehead atoms. The van der Waals surface area contributed by atoms with E-state index in [-0.39, 0.29) is 0 Å². The van der Waals surface area contributed by atoms with E-state index in [1.54, 1.807) is 0 Å². The van der Waals surface area contributed by atoms with Crippen LogP contribution in [0.5, 0.6) is 0 Å². The lowest BCUT2D eigenvalue weighted by molar-refractivity contribution is 0.240. The van der Waals surface area contributed by atoms with Crippen LogP contribution in [0.15, 0.2) is 60.7 Å². The highest BCUT2D eigenvalue weighted by Crippen LogP contribution is 2.11. The summed E-state index contributed by atoms with van der Waals surface area (Å²) < 4.78 is 0. The predicted molar refractivity (Wildman–Crippen MR) is 87.9 cm³/mol. The van der Waals surface area contributed by atoms with E-state index in [1.165, 1.54) is 11.1 Å². The molecule has 0 aromatic heterocycles. The van der Waals surface area contributed by atoms with Crippen LogP contribution in [0.3, 0.4) is 0 Å². The lowest BCUT2D eigenvalue weighted by Crippen LogP contribution is -2.24. The molecule has 2 heteroatoms. The van der Waals surface area contributed by atoms with Crippen LogP contribution in [0.4, 0.5) is 0 Å². The van der Waals surface area contributed by atoms with Gasteiger partial charge in [0.25, 0.3) is 0 Å². The summed E-state index contributed by atoms with van der Waals surface area (Å²) in [5.74, 6) is 0. The molecule has 21 heavy (non-hydrogen) atoms. The molecule has 0 saturated heterocycles. The van der Waals surface area contributed by atoms with Crippen LogP contribution in [0.1, 0.15) is 30.4 Å². The molecule has 0 saturated carbocycles. The molecular weight excluding hydrogens is 258 g/mol. The standard InChI is InChI=1S/C19H25NO/c21-15-9-3-8-14-20(16-18-10-4-1-5-11-18)17-19-12-6-2-7-13-19/h1-2,4-7,10-13,21H,3,8-9,14-17H2. The molecule has 0 amide bonds. The van der Waals surface area contributed by atoms with E-state index < -0.39 is 0 Å². The van der Waals surface area contributed by atoms with E-state index in [2.05, 4.69) is 65.6 Å². The van der Waals surface area contributed by atoms with Crippen LogP contribution < -0.4 is 0 Å². The highest BCUT2D eigenvalue weighted by molar-refractivity contribution is 5.17. The van der Waals surface area contributed by atoms with Gasteiger partial charge in [-0.2, -0.15) is 0 Å². The maximum absolute atomic E-state index is 8.89. The summed E-state index contributed by atoms with van der Waals surface area (Å²) in [5, 5.41) is 8.89. The van der Waals surface area contributed by atoms with Crippen molar-refractivity contribution in [2.75, 3.05) is 13.2 Å². The van der Waals surface area contributed by atoms with Crippen molar-refractivity contribution in [2.24, 2.45) is 0 Å². The lowest BCUT2D eigenvalue weighted by atomic mass is 10.1. The molecule has 2 nitrogen and oxygen atoms in total. The minimum Gasteiger partial charge on any atom is -0.396 e. The molecule has 0 aliphatic rings. The Hall–Kier alpha value is -1.64. The fourth-order valence-electron chi connectivity index (χ4n) is 2.52. The SMILES string of the molecule is OCCCCCN(Cc1ccccc1)Cc1ccccc1.